The molecule has 3 nitrogen and oxygen atoms in total. The van der Waals surface area contributed by atoms with Crippen LogP contribution in [0.25, 0.3) is 6.08 Å². The van der Waals surface area contributed by atoms with Crippen molar-refractivity contribution in [2.75, 3.05) is 6.54 Å². The molecule has 0 bridgehead atoms. The molecule has 3 atom stereocenters. The molecule has 1 saturated heterocycles. The Kier molecular flexibility index (Phi) is 3.88. The fraction of sp³-hybridized carbons (Fsp3) is 0.471. The van der Waals surface area contributed by atoms with Crippen LogP contribution in [0.1, 0.15) is 31.7 Å². The maximum Gasteiger partial charge on any atom is 0.221 e. The third-order valence-electron chi connectivity index (χ3n) is 4.27. The van der Waals surface area contributed by atoms with Gasteiger partial charge in [0, 0.05) is 25.0 Å². The standard InChI is InChI=1S/C17H22N2O/c1-12(9-13-5-3-2-4-6-13)15-11-16(15)19-14-7-8-18-17(20)10-14/h2-6,9,14-16,19H,7-8,10-11H2,1H3,(H,18,20)/b12-9+. The molecule has 1 aromatic carbocycles. The summed E-state index contributed by atoms with van der Waals surface area (Å²) in [5, 5.41) is 6.52. The molecule has 1 saturated carbocycles. The minimum Gasteiger partial charge on any atom is -0.356 e. The van der Waals surface area contributed by atoms with Gasteiger partial charge in [-0.25, -0.2) is 0 Å². The third kappa shape index (κ3) is 3.28. The van der Waals surface area contributed by atoms with Gasteiger partial charge in [-0.1, -0.05) is 42.0 Å². The Morgan fingerprint density at radius 1 is 1.35 bits per heavy atom. The number of nitrogens with one attached hydrogen (secondary N) is 2. The minimum atomic E-state index is 0.183. The minimum absolute atomic E-state index is 0.183. The van der Waals surface area contributed by atoms with Gasteiger partial charge in [-0.2, -0.15) is 0 Å². The Balaban J connectivity index is 1.53. The monoisotopic (exact) mass is 270 g/mol. The molecule has 1 aliphatic heterocycles. The highest BCUT2D eigenvalue weighted by Gasteiger charge is 2.39. The zero-order valence-electron chi connectivity index (χ0n) is 11.9. The zero-order valence-corrected chi connectivity index (χ0v) is 11.9. The van der Waals surface area contributed by atoms with Crippen molar-refractivity contribution in [1.29, 1.82) is 0 Å². The van der Waals surface area contributed by atoms with Gasteiger partial charge in [-0.05, 0) is 31.2 Å². The van der Waals surface area contributed by atoms with Crippen LogP contribution < -0.4 is 10.6 Å². The number of amides is 1. The summed E-state index contributed by atoms with van der Waals surface area (Å²) >= 11 is 0. The first-order chi connectivity index (χ1) is 9.72. The number of rotatable bonds is 4. The summed E-state index contributed by atoms with van der Waals surface area (Å²) in [6.07, 6.45) is 5.16. The fourth-order valence-electron chi connectivity index (χ4n) is 3.03. The molecule has 1 aliphatic carbocycles. The Hall–Kier alpha value is -1.61. The molecule has 20 heavy (non-hydrogen) atoms. The molecule has 0 spiro atoms. The van der Waals surface area contributed by atoms with E-state index in [0.717, 1.165) is 13.0 Å². The topological polar surface area (TPSA) is 41.1 Å². The second-order valence-corrected chi connectivity index (χ2v) is 5.95. The lowest BCUT2D eigenvalue weighted by Gasteiger charge is -2.23. The van der Waals surface area contributed by atoms with Crippen molar-refractivity contribution in [2.24, 2.45) is 5.92 Å². The molecule has 2 fully saturated rings. The number of benzene rings is 1. The summed E-state index contributed by atoms with van der Waals surface area (Å²) in [5.41, 5.74) is 2.71. The predicted molar refractivity (Wildman–Crippen MR) is 81.2 cm³/mol. The van der Waals surface area contributed by atoms with Gasteiger partial charge in [-0.15, -0.1) is 0 Å². The molecule has 3 rings (SSSR count). The van der Waals surface area contributed by atoms with Crippen LogP contribution in [0, 0.1) is 5.92 Å². The number of carbonyl (C=O) groups excluding carboxylic acids is 1. The normalized spacial score (nSPS) is 29.9. The van der Waals surface area contributed by atoms with Gasteiger partial charge >= 0.3 is 0 Å². The van der Waals surface area contributed by atoms with Crippen molar-refractivity contribution in [2.45, 2.75) is 38.3 Å². The summed E-state index contributed by atoms with van der Waals surface area (Å²) < 4.78 is 0. The Labute approximate surface area is 120 Å². The van der Waals surface area contributed by atoms with E-state index in [2.05, 4.69) is 47.9 Å². The fourth-order valence-corrected chi connectivity index (χ4v) is 3.03. The van der Waals surface area contributed by atoms with Gasteiger partial charge in [-0.3, -0.25) is 4.79 Å². The van der Waals surface area contributed by atoms with Gasteiger partial charge in [0.05, 0.1) is 0 Å². The maximum atomic E-state index is 11.4. The highest BCUT2D eigenvalue weighted by atomic mass is 16.1. The van der Waals surface area contributed by atoms with Gasteiger partial charge < -0.3 is 10.6 Å². The second kappa shape index (κ2) is 5.80. The first-order valence-corrected chi connectivity index (χ1v) is 7.48. The van der Waals surface area contributed by atoms with Gasteiger partial charge in [0.2, 0.25) is 5.91 Å². The first kappa shape index (κ1) is 13.4. The van der Waals surface area contributed by atoms with Crippen LogP contribution >= 0.6 is 0 Å². The lowest BCUT2D eigenvalue weighted by molar-refractivity contribution is -0.122. The lowest BCUT2D eigenvalue weighted by Crippen LogP contribution is -2.44. The number of hydrogen-bond donors (Lipinski definition) is 2. The average molecular weight is 270 g/mol. The molecule has 2 aliphatic rings. The number of carbonyl (C=O) groups is 1. The van der Waals surface area contributed by atoms with E-state index in [0.29, 0.717) is 24.4 Å². The van der Waals surface area contributed by atoms with Crippen molar-refractivity contribution in [3.8, 4) is 0 Å². The number of hydrogen-bond acceptors (Lipinski definition) is 2. The van der Waals surface area contributed by atoms with Crippen molar-refractivity contribution in [3.05, 3.63) is 41.5 Å². The summed E-state index contributed by atoms with van der Waals surface area (Å²) in [6.45, 7) is 3.03. The van der Waals surface area contributed by atoms with Gasteiger partial charge in [0.25, 0.3) is 0 Å². The highest BCUT2D eigenvalue weighted by Crippen LogP contribution is 2.38. The van der Waals surface area contributed by atoms with Gasteiger partial charge in [0.15, 0.2) is 0 Å². The van der Waals surface area contributed by atoms with Crippen LogP contribution in [0.3, 0.4) is 0 Å². The average Bonchev–Trinajstić information content (AvgIpc) is 3.19. The lowest BCUT2D eigenvalue weighted by atomic mass is 10.1. The van der Waals surface area contributed by atoms with Crippen molar-refractivity contribution >= 4 is 12.0 Å². The van der Waals surface area contributed by atoms with E-state index in [1.807, 2.05) is 6.07 Å². The second-order valence-electron chi connectivity index (χ2n) is 5.95. The molecule has 1 aromatic rings. The molecule has 3 unspecified atom stereocenters. The van der Waals surface area contributed by atoms with Crippen molar-refractivity contribution in [3.63, 3.8) is 0 Å². The van der Waals surface area contributed by atoms with Crippen molar-refractivity contribution < 1.29 is 4.79 Å². The van der Waals surface area contributed by atoms with Crippen LogP contribution in [0.15, 0.2) is 35.9 Å². The van der Waals surface area contributed by atoms with Crippen LogP contribution in [0.4, 0.5) is 0 Å². The van der Waals surface area contributed by atoms with E-state index in [1.54, 1.807) is 0 Å². The van der Waals surface area contributed by atoms with E-state index in [-0.39, 0.29) is 5.91 Å². The van der Waals surface area contributed by atoms with Crippen LogP contribution in [0.2, 0.25) is 0 Å². The molecule has 0 radical (unpaired) electrons. The van der Waals surface area contributed by atoms with E-state index >= 15 is 0 Å². The summed E-state index contributed by atoms with van der Waals surface area (Å²) in [4.78, 5) is 11.4. The molecule has 0 aromatic heterocycles. The quantitative estimate of drug-likeness (QED) is 0.882. The van der Waals surface area contributed by atoms with E-state index < -0.39 is 0 Å². The molecular weight excluding hydrogens is 248 g/mol. The Morgan fingerprint density at radius 3 is 2.90 bits per heavy atom. The van der Waals surface area contributed by atoms with Crippen LogP contribution in [-0.4, -0.2) is 24.5 Å². The maximum absolute atomic E-state index is 11.4. The zero-order chi connectivity index (χ0) is 13.9. The summed E-state index contributed by atoms with van der Waals surface area (Å²) in [7, 11) is 0. The summed E-state index contributed by atoms with van der Waals surface area (Å²) in [6, 6.07) is 11.4. The molecular formula is C17H22N2O. The van der Waals surface area contributed by atoms with Crippen molar-refractivity contribution in [1.82, 2.24) is 10.6 Å². The number of piperidine rings is 1. The van der Waals surface area contributed by atoms with E-state index in [9.17, 15) is 4.79 Å². The summed E-state index contributed by atoms with van der Waals surface area (Å²) in [5.74, 6) is 0.822. The third-order valence-corrected chi connectivity index (χ3v) is 4.27. The molecule has 106 valence electrons. The van der Waals surface area contributed by atoms with Gasteiger partial charge in [0.1, 0.15) is 0 Å². The van der Waals surface area contributed by atoms with Crippen LogP contribution in [0.5, 0.6) is 0 Å². The largest absolute Gasteiger partial charge is 0.356 e. The van der Waals surface area contributed by atoms with E-state index in [4.69, 9.17) is 0 Å². The molecule has 1 amide bonds. The molecule has 2 N–H and O–H groups in total. The predicted octanol–water partition coefficient (Wildman–Crippen LogP) is 2.35. The molecule has 1 heterocycles. The smallest absolute Gasteiger partial charge is 0.221 e. The van der Waals surface area contributed by atoms with Crippen LogP contribution in [-0.2, 0) is 4.79 Å². The highest BCUT2D eigenvalue weighted by molar-refractivity contribution is 5.77. The Bertz CT molecular complexity index is 509. The Morgan fingerprint density at radius 2 is 2.15 bits per heavy atom. The first-order valence-electron chi connectivity index (χ1n) is 7.48. The van der Waals surface area contributed by atoms with E-state index in [1.165, 1.54) is 17.6 Å². The molecule has 3 heteroatoms. The SMILES string of the molecule is C/C(=C\c1ccccc1)C1CC1NC1CCNC(=O)C1.